The number of ether oxygens (including phenoxy) is 1. The Morgan fingerprint density at radius 3 is 2.59 bits per heavy atom. The Balaban J connectivity index is 1.32. The molecule has 37 heavy (non-hydrogen) atoms. The molecule has 1 aliphatic rings. The molecule has 4 aromatic rings. The van der Waals surface area contributed by atoms with E-state index in [-0.39, 0.29) is 23.7 Å². The minimum absolute atomic E-state index is 0.122. The average molecular weight is 496 g/mol. The summed E-state index contributed by atoms with van der Waals surface area (Å²) in [6, 6.07) is 26.2. The highest BCUT2D eigenvalue weighted by atomic mass is 19.1. The minimum atomic E-state index is -0.286. The highest BCUT2D eigenvalue weighted by Crippen LogP contribution is 2.41. The lowest BCUT2D eigenvalue weighted by Crippen LogP contribution is -2.26. The summed E-state index contributed by atoms with van der Waals surface area (Å²) in [4.78, 5) is 12.4. The highest BCUT2D eigenvalue weighted by Gasteiger charge is 2.28. The van der Waals surface area contributed by atoms with Gasteiger partial charge in [0.1, 0.15) is 5.82 Å². The normalized spacial score (nSPS) is 17.8. The number of carbonyl (C=O) groups excluding carboxylic acids is 1. The largest absolute Gasteiger partial charge is 0.465 e. The molecule has 190 valence electrons. The number of fused-ring (bicyclic) bond motifs is 2. The van der Waals surface area contributed by atoms with Crippen LogP contribution in [0.15, 0.2) is 78.9 Å². The third-order valence-electron chi connectivity index (χ3n) is 7.95. The molecule has 0 bridgehead atoms. The lowest BCUT2D eigenvalue weighted by atomic mass is 9.72. The molecule has 5 rings (SSSR count). The topological polar surface area (TPSA) is 38.3 Å². The zero-order valence-electron chi connectivity index (χ0n) is 21.8. The van der Waals surface area contributed by atoms with Crippen molar-refractivity contribution in [2.45, 2.75) is 45.1 Å². The molecule has 1 unspecified atom stereocenters. The molecule has 0 aliphatic heterocycles. The maximum atomic E-state index is 14.3. The van der Waals surface area contributed by atoms with Gasteiger partial charge >= 0.3 is 5.97 Å². The van der Waals surface area contributed by atoms with Crippen molar-refractivity contribution in [1.29, 1.82) is 0 Å². The molecular weight excluding hydrogens is 461 g/mol. The molecule has 0 spiro atoms. The molecule has 4 heteroatoms. The molecule has 0 saturated carbocycles. The van der Waals surface area contributed by atoms with Gasteiger partial charge in [0.05, 0.1) is 12.7 Å². The second kappa shape index (κ2) is 10.9. The van der Waals surface area contributed by atoms with Crippen molar-refractivity contribution in [3.8, 4) is 0 Å². The van der Waals surface area contributed by atoms with Crippen molar-refractivity contribution in [3.05, 3.63) is 118 Å². The Bertz CT molecular complexity index is 1430. The van der Waals surface area contributed by atoms with Crippen LogP contribution in [0.2, 0.25) is 0 Å². The van der Waals surface area contributed by atoms with Crippen LogP contribution in [-0.2, 0) is 11.2 Å². The van der Waals surface area contributed by atoms with Crippen molar-refractivity contribution < 1.29 is 13.9 Å². The first-order chi connectivity index (χ1) is 18.0. The van der Waals surface area contributed by atoms with Crippen LogP contribution in [0.1, 0.15) is 69.9 Å². The quantitative estimate of drug-likeness (QED) is 0.270. The van der Waals surface area contributed by atoms with Gasteiger partial charge in [-0.1, -0.05) is 66.7 Å². The molecule has 3 nitrogen and oxygen atoms in total. The number of rotatable bonds is 7. The number of hydrogen-bond acceptors (Lipinski definition) is 3. The van der Waals surface area contributed by atoms with Gasteiger partial charge in [0.15, 0.2) is 0 Å². The number of nitrogens with one attached hydrogen (secondary N) is 1. The Hall–Kier alpha value is -3.50. The summed E-state index contributed by atoms with van der Waals surface area (Å²) in [5, 5.41) is 5.33. The van der Waals surface area contributed by atoms with E-state index in [0.717, 1.165) is 42.3 Å². The highest BCUT2D eigenvalue weighted by molar-refractivity contribution is 5.91. The Labute approximate surface area is 218 Å². The first-order valence-corrected chi connectivity index (χ1v) is 13.1. The minimum Gasteiger partial charge on any atom is -0.465 e. The molecule has 0 fully saturated rings. The van der Waals surface area contributed by atoms with E-state index in [0.29, 0.717) is 16.9 Å². The summed E-state index contributed by atoms with van der Waals surface area (Å²) in [5.74, 6) is 0.307. The van der Waals surface area contributed by atoms with Crippen LogP contribution in [0, 0.1) is 18.7 Å². The molecule has 3 atom stereocenters. The number of hydrogen-bond donors (Lipinski definition) is 1. The van der Waals surface area contributed by atoms with Gasteiger partial charge in [0.2, 0.25) is 0 Å². The zero-order chi connectivity index (χ0) is 25.9. The summed E-state index contributed by atoms with van der Waals surface area (Å²) < 4.78 is 19.3. The Morgan fingerprint density at radius 1 is 1.03 bits per heavy atom. The number of esters is 1. The summed E-state index contributed by atoms with van der Waals surface area (Å²) in [5.41, 5.74) is 6.62. The van der Waals surface area contributed by atoms with E-state index >= 15 is 0 Å². The maximum Gasteiger partial charge on any atom is 0.338 e. The lowest BCUT2D eigenvalue weighted by molar-refractivity contribution is 0.0599. The summed E-state index contributed by atoms with van der Waals surface area (Å²) in [6.07, 6.45) is 3.14. The van der Waals surface area contributed by atoms with Crippen LogP contribution >= 0.6 is 0 Å². The zero-order valence-corrected chi connectivity index (χ0v) is 21.8. The van der Waals surface area contributed by atoms with Crippen molar-refractivity contribution in [3.63, 3.8) is 0 Å². The summed E-state index contributed by atoms with van der Waals surface area (Å²) >= 11 is 0. The van der Waals surface area contributed by atoms with Gasteiger partial charge in [-0.25, -0.2) is 9.18 Å². The number of aryl methyl sites for hydroxylation is 1. The van der Waals surface area contributed by atoms with E-state index in [9.17, 15) is 9.18 Å². The predicted molar refractivity (Wildman–Crippen MR) is 148 cm³/mol. The molecule has 0 radical (unpaired) electrons. The van der Waals surface area contributed by atoms with Crippen LogP contribution in [0.3, 0.4) is 0 Å². The third kappa shape index (κ3) is 5.17. The van der Waals surface area contributed by atoms with Gasteiger partial charge in [-0.3, -0.25) is 0 Å². The van der Waals surface area contributed by atoms with Gasteiger partial charge in [-0.05, 0) is 90.9 Å². The average Bonchev–Trinajstić information content (AvgIpc) is 2.93. The first kappa shape index (κ1) is 25.2. The van der Waals surface area contributed by atoms with E-state index in [1.54, 1.807) is 6.07 Å². The molecule has 1 aliphatic carbocycles. The molecular formula is C33H34FNO2. The molecule has 0 saturated heterocycles. The van der Waals surface area contributed by atoms with Crippen LogP contribution in [0.5, 0.6) is 0 Å². The first-order valence-electron chi connectivity index (χ1n) is 13.1. The summed E-state index contributed by atoms with van der Waals surface area (Å²) in [6.45, 7) is 4.98. The van der Waals surface area contributed by atoms with E-state index in [1.807, 2.05) is 49.4 Å². The Kier molecular flexibility index (Phi) is 7.38. The van der Waals surface area contributed by atoms with Gasteiger partial charge in [-0.15, -0.1) is 0 Å². The number of carbonyl (C=O) groups is 1. The van der Waals surface area contributed by atoms with E-state index < -0.39 is 0 Å². The SMILES string of the molecule is COC(=O)c1cc(C2C[C@H](CCN[C@H](C)c3ccc(F)c4ccccc34)Cc3ccccc32)ccc1C. The molecule has 0 amide bonds. The van der Waals surface area contributed by atoms with Gasteiger partial charge < -0.3 is 10.1 Å². The van der Waals surface area contributed by atoms with Crippen molar-refractivity contribution in [1.82, 2.24) is 5.32 Å². The fourth-order valence-electron chi connectivity index (χ4n) is 5.91. The van der Waals surface area contributed by atoms with E-state index in [2.05, 4.69) is 42.6 Å². The van der Waals surface area contributed by atoms with E-state index in [4.69, 9.17) is 4.74 Å². The van der Waals surface area contributed by atoms with Crippen molar-refractivity contribution >= 4 is 16.7 Å². The van der Waals surface area contributed by atoms with Gasteiger partial charge in [-0.2, -0.15) is 0 Å². The number of halogens is 1. The maximum absolute atomic E-state index is 14.3. The third-order valence-corrected chi connectivity index (χ3v) is 7.95. The molecule has 4 aromatic carbocycles. The fourth-order valence-corrected chi connectivity index (χ4v) is 5.91. The number of benzene rings is 4. The van der Waals surface area contributed by atoms with E-state index in [1.165, 1.54) is 23.8 Å². The smallest absolute Gasteiger partial charge is 0.338 e. The van der Waals surface area contributed by atoms with Crippen molar-refractivity contribution in [2.75, 3.05) is 13.7 Å². The van der Waals surface area contributed by atoms with Crippen LogP contribution in [0.25, 0.3) is 10.8 Å². The van der Waals surface area contributed by atoms with Crippen LogP contribution in [-0.4, -0.2) is 19.6 Å². The predicted octanol–water partition coefficient (Wildman–Crippen LogP) is 7.51. The Morgan fingerprint density at radius 2 is 1.78 bits per heavy atom. The standard InChI is InChI=1S/C33H34FNO2/c1-21-12-13-25(20-30(21)33(36)37-3)31-19-23(18-24-8-4-5-9-27(24)31)16-17-35-22(2)26-14-15-32(34)29-11-7-6-10-28(26)29/h4-15,20,22-23,31,35H,16-19H2,1-3H3/t22-,23-,31?/m1/s1. The molecule has 0 heterocycles. The fraction of sp³-hybridized carbons (Fsp3) is 0.303. The van der Waals surface area contributed by atoms with Crippen LogP contribution in [0.4, 0.5) is 4.39 Å². The number of methoxy groups -OCH3 is 1. The van der Waals surface area contributed by atoms with Gasteiger partial charge in [0.25, 0.3) is 0 Å². The summed E-state index contributed by atoms with van der Waals surface area (Å²) in [7, 11) is 1.43. The second-order valence-corrected chi connectivity index (χ2v) is 10.3. The second-order valence-electron chi connectivity index (χ2n) is 10.3. The van der Waals surface area contributed by atoms with Crippen molar-refractivity contribution in [2.24, 2.45) is 5.92 Å². The molecule has 1 N–H and O–H groups in total. The van der Waals surface area contributed by atoms with Gasteiger partial charge in [0, 0.05) is 17.3 Å². The molecule has 0 aromatic heterocycles. The lowest BCUT2D eigenvalue weighted by Gasteiger charge is -2.33. The monoisotopic (exact) mass is 495 g/mol. The van der Waals surface area contributed by atoms with Crippen LogP contribution < -0.4 is 5.32 Å².